The van der Waals surface area contributed by atoms with E-state index in [-0.39, 0.29) is 18.0 Å². The van der Waals surface area contributed by atoms with Crippen LogP contribution in [0.5, 0.6) is 5.75 Å². The minimum atomic E-state index is -0.164. The fraction of sp³-hybridized carbons (Fsp3) is 0.273. The number of benzene rings is 2. The molecule has 0 bridgehead atoms. The number of hydrogen-bond acceptors (Lipinski definition) is 7. The zero-order valence-electron chi connectivity index (χ0n) is 16.7. The van der Waals surface area contributed by atoms with Crippen molar-refractivity contribution in [3.63, 3.8) is 0 Å². The van der Waals surface area contributed by atoms with Crippen molar-refractivity contribution in [2.75, 3.05) is 20.7 Å². The Kier molecular flexibility index (Phi) is 5.46. The Balaban J connectivity index is 1.42. The normalized spacial score (nSPS) is 18.7. The number of rotatable bonds is 5. The molecule has 1 aliphatic rings. The zero-order chi connectivity index (χ0) is 21.1. The molecule has 152 valence electrons. The predicted octanol–water partition coefficient (Wildman–Crippen LogP) is 2.79. The van der Waals surface area contributed by atoms with E-state index in [2.05, 4.69) is 20.4 Å². The third kappa shape index (κ3) is 4.02. The van der Waals surface area contributed by atoms with Crippen molar-refractivity contribution in [1.29, 1.82) is 5.26 Å². The molecule has 8 nitrogen and oxygen atoms in total. The SMILES string of the molecule is COc1ccc(-c2noc([C@@H]3C[C@H](NC(=O)c4ccc(C#N)cc4)CN3C)n2)cc1. The van der Waals surface area contributed by atoms with Crippen LogP contribution in [0.4, 0.5) is 0 Å². The smallest absolute Gasteiger partial charge is 0.251 e. The van der Waals surface area contributed by atoms with E-state index in [4.69, 9.17) is 14.5 Å². The lowest BCUT2D eigenvalue weighted by atomic mass is 10.1. The predicted molar refractivity (Wildman–Crippen MR) is 109 cm³/mol. The Labute approximate surface area is 174 Å². The molecule has 1 saturated heterocycles. The largest absolute Gasteiger partial charge is 0.497 e. The number of aromatic nitrogens is 2. The van der Waals surface area contributed by atoms with Crippen LogP contribution < -0.4 is 10.1 Å². The fourth-order valence-electron chi connectivity index (χ4n) is 3.59. The van der Waals surface area contributed by atoms with Gasteiger partial charge in [0.25, 0.3) is 5.91 Å². The number of nitrogens with one attached hydrogen (secondary N) is 1. The molecule has 4 rings (SSSR count). The van der Waals surface area contributed by atoms with Gasteiger partial charge in [0.15, 0.2) is 0 Å². The summed E-state index contributed by atoms with van der Waals surface area (Å²) in [5, 5.41) is 16.0. The first-order valence-electron chi connectivity index (χ1n) is 9.56. The molecule has 2 aromatic carbocycles. The highest BCUT2D eigenvalue weighted by Gasteiger charge is 2.35. The van der Waals surface area contributed by atoms with Gasteiger partial charge in [-0.3, -0.25) is 9.69 Å². The van der Waals surface area contributed by atoms with Gasteiger partial charge in [-0.05, 0) is 62.0 Å². The summed E-state index contributed by atoms with van der Waals surface area (Å²) >= 11 is 0. The number of amides is 1. The van der Waals surface area contributed by atoms with Gasteiger partial charge in [-0.15, -0.1) is 0 Å². The van der Waals surface area contributed by atoms with Gasteiger partial charge >= 0.3 is 0 Å². The molecule has 1 N–H and O–H groups in total. The van der Waals surface area contributed by atoms with Gasteiger partial charge in [0.2, 0.25) is 11.7 Å². The van der Waals surface area contributed by atoms with Crippen molar-refractivity contribution in [2.24, 2.45) is 0 Å². The van der Waals surface area contributed by atoms with Crippen molar-refractivity contribution in [1.82, 2.24) is 20.4 Å². The van der Waals surface area contributed by atoms with Crippen LogP contribution in [-0.2, 0) is 0 Å². The van der Waals surface area contributed by atoms with Gasteiger partial charge in [-0.1, -0.05) is 5.16 Å². The van der Waals surface area contributed by atoms with E-state index in [0.717, 1.165) is 11.3 Å². The summed E-state index contributed by atoms with van der Waals surface area (Å²) in [7, 11) is 3.59. The molecule has 0 unspecified atom stereocenters. The standard InChI is InChI=1S/C22H21N5O3/c1-27-13-17(24-21(28)16-5-3-14(12-23)4-6-16)11-19(27)22-25-20(26-30-22)15-7-9-18(29-2)10-8-15/h3-10,17,19H,11,13H2,1-2H3,(H,24,28)/t17-,19-/m0/s1. The number of hydrogen-bond donors (Lipinski definition) is 1. The number of carbonyl (C=O) groups excluding carboxylic acids is 1. The van der Waals surface area contributed by atoms with Crippen molar-refractivity contribution < 1.29 is 14.1 Å². The number of nitrogens with zero attached hydrogens (tertiary/aromatic N) is 4. The van der Waals surface area contributed by atoms with Gasteiger partial charge in [-0.2, -0.15) is 10.2 Å². The highest BCUT2D eigenvalue weighted by molar-refractivity contribution is 5.94. The van der Waals surface area contributed by atoms with Crippen LogP contribution in [0.1, 0.15) is 34.3 Å². The molecule has 8 heteroatoms. The molecule has 0 aliphatic carbocycles. The second-order valence-corrected chi connectivity index (χ2v) is 7.24. The summed E-state index contributed by atoms with van der Waals surface area (Å²) in [4.78, 5) is 19.2. The monoisotopic (exact) mass is 403 g/mol. The maximum absolute atomic E-state index is 12.5. The van der Waals surface area contributed by atoms with E-state index in [1.54, 1.807) is 31.4 Å². The summed E-state index contributed by atoms with van der Waals surface area (Å²) in [6.07, 6.45) is 0.669. The first-order valence-corrected chi connectivity index (χ1v) is 9.56. The highest BCUT2D eigenvalue weighted by Crippen LogP contribution is 2.31. The van der Waals surface area contributed by atoms with E-state index in [1.165, 1.54) is 0 Å². The molecule has 1 fully saturated rings. The first-order chi connectivity index (χ1) is 14.6. The lowest BCUT2D eigenvalue weighted by Crippen LogP contribution is -2.36. The van der Waals surface area contributed by atoms with Gasteiger partial charge in [-0.25, -0.2) is 0 Å². The molecule has 1 aromatic heterocycles. The van der Waals surface area contributed by atoms with Crippen LogP contribution in [0.2, 0.25) is 0 Å². The van der Waals surface area contributed by atoms with Gasteiger partial charge in [0.05, 0.1) is 24.8 Å². The van der Waals surface area contributed by atoms with Crippen LogP contribution >= 0.6 is 0 Å². The topological polar surface area (TPSA) is 104 Å². The Morgan fingerprint density at radius 1 is 1.23 bits per heavy atom. The third-order valence-corrected chi connectivity index (χ3v) is 5.23. The van der Waals surface area contributed by atoms with Crippen LogP contribution in [0, 0.1) is 11.3 Å². The highest BCUT2D eigenvalue weighted by atomic mass is 16.5. The lowest BCUT2D eigenvalue weighted by Gasteiger charge is -2.14. The molecule has 30 heavy (non-hydrogen) atoms. The van der Waals surface area contributed by atoms with E-state index in [9.17, 15) is 4.79 Å². The maximum atomic E-state index is 12.5. The number of nitriles is 1. The van der Waals surface area contributed by atoms with E-state index < -0.39 is 0 Å². The first kappa shape index (κ1) is 19.6. The van der Waals surface area contributed by atoms with Crippen molar-refractivity contribution >= 4 is 5.91 Å². The zero-order valence-corrected chi connectivity index (χ0v) is 16.7. The van der Waals surface area contributed by atoms with Crippen molar-refractivity contribution in [3.05, 3.63) is 65.5 Å². The van der Waals surface area contributed by atoms with E-state index >= 15 is 0 Å². The second-order valence-electron chi connectivity index (χ2n) is 7.24. The van der Waals surface area contributed by atoms with Gasteiger partial charge < -0.3 is 14.6 Å². The van der Waals surface area contributed by atoms with Gasteiger partial charge in [0.1, 0.15) is 5.75 Å². The molecule has 3 aromatic rings. The van der Waals surface area contributed by atoms with Crippen LogP contribution in [0.3, 0.4) is 0 Å². The summed E-state index contributed by atoms with van der Waals surface area (Å²) in [5.41, 5.74) is 1.90. The summed E-state index contributed by atoms with van der Waals surface area (Å²) in [6, 6.07) is 16.0. The Morgan fingerprint density at radius 2 is 1.97 bits per heavy atom. The average molecular weight is 403 g/mol. The molecule has 0 saturated carbocycles. The fourth-order valence-corrected chi connectivity index (χ4v) is 3.59. The second kappa shape index (κ2) is 8.35. The molecule has 0 radical (unpaired) electrons. The molecular formula is C22H21N5O3. The molecule has 2 heterocycles. The third-order valence-electron chi connectivity index (χ3n) is 5.23. The summed E-state index contributed by atoms with van der Waals surface area (Å²) < 4.78 is 10.7. The van der Waals surface area contributed by atoms with Crippen molar-refractivity contribution in [2.45, 2.75) is 18.5 Å². The molecule has 1 aliphatic heterocycles. The quantitative estimate of drug-likeness (QED) is 0.698. The molecule has 1 amide bonds. The summed E-state index contributed by atoms with van der Waals surface area (Å²) in [6.45, 7) is 0.674. The van der Waals surface area contributed by atoms with E-state index in [0.29, 0.717) is 35.8 Å². The Bertz CT molecular complexity index is 1070. The molecule has 0 spiro atoms. The van der Waals surface area contributed by atoms with Crippen LogP contribution in [0.25, 0.3) is 11.4 Å². The summed E-state index contributed by atoms with van der Waals surface area (Å²) in [5.74, 6) is 1.64. The lowest BCUT2D eigenvalue weighted by molar-refractivity contribution is 0.0938. The number of carbonyl (C=O) groups is 1. The number of methoxy groups -OCH3 is 1. The van der Waals surface area contributed by atoms with Crippen LogP contribution in [0.15, 0.2) is 53.1 Å². The maximum Gasteiger partial charge on any atom is 0.251 e. The van der Waals surface area contributed by atoms with Crippen molar-refractivity contribution in [3.8, 4) is 23.2 Å². The Hall–Kier alpha value is -3.70. The van der Waals surface area contributed by atoms with E-state index in [1.807, 2.05) is 37.4 Å². The average Bonchev–Trinajstić information content (AvgIpc) is 3.40. The molecule has 2 atom stereocenters. The van der Waals surface area contributed by atoms with Crippen LogP contribution in [-0.4, -0.2) is 47.7 Å². The number of ether oxygens (including phenoxy) is 1. The van der Waals surface area contributed by atoms with Gasteiger partial charge in [0, 0.05) is 23.7 Å². The Morgan fingerprint density at radius 3 is 2.63 bits per heavy atom. The minimum Gasteiger partial charge on any atom is -0.497 e. The minimum absolute atomic E-state index is 0.0421. The number of likely N-dealkylation sites (N-methyl/N-ethyl adjacent to an activating group) is 1. The number of likely N-dealkylation sites (tertiary alicyclic amines) is 1. The molecular weight excluding hydrogens is 382 g/mol.